The number of carbonyl (C=O) groups excluding carboxylic acids is 2. The maximum atomic E-state index is 13.3. The quantitative estimate of drug-likeness (QED) is 0.582. The first-order valence-corrected chi connectivity index (χ1v) is 11.3. The zero-order valence-corrected chi connectivity index (χ0v) is 20.2. The summed E-state index contributed by atoms with van der Waals surface area (Å²) in [5, 5.41) is 12.2. The first kappa shape index (κ1) is 25.2. The fourth-order valence-corrected chi connectivity index (χ4v) is 4.39. The van der Waals surface area contributed by atoms with Crippen LogP contribution in [0.1, 0.15) is 44.7 Å². The number of nitrogens with one attached hydrogen (secondary N) is 1. The van der Waals surface area contributed by atoms with Crippen LogP contribution in [-0.4, -0.2) is 65.9 Å². The number of fused-ring (bicyclic) bond motifs is 3. The average molecular weight is 469 g/mol. The summed E-state index contributed by atoms with van der Waals surface area (Å²) < 4.78 is 10.9. The maximum Gasteiger partial charge on any atom is 0.407 e. The monoisotopic (exact) mass is 468 g/mol. The zero-order chi connectivity index (χ0) is 25.0. The van der Waals surface area contributed by atoms with Crippen LogP contribution in [0, 0.1) is 0 Å². The molecule has 0 saturated carbocycles. The zero-order valence-electron chi connectivity index (χ0n) is 20.2. The predicted octanol–water partition coefficient (Wildman–Crippen LogP) is 3.64. The fourth-order valence-electron chi connectivity index (χ4n) is 4.39. The highest BCUT2D eigenvalue weighted by Gasteiger charge is 2.42. The van der Waals surface area contributed by atoms with Gasteiger partial charge in [0.25, 0.3) is 0 Å². The molecule has 3 rings (SSSR count). The standard InChI is InChI=1S/C26H32N2O6/c1-6-28(26(3,4)24(30)31)23(29)22(16(2)33-5)27-25(32)34-15-21-19-13-9-7-11-17(19)18-12-8-10-14-20(18)21/h7-14,16,21-22H,6,15H2,1-5H3,(H,27,32)(H,30,31)/t16-,22+/m1/s1. The number of amides is 2. The Morgan fingerprint density at radius 3 is 2.06 bits per heavy atom. The van der Waals surface area contributed by atoms with Crippen LogP contribution in [0.2, 0.25) is 0 Å². The van der Waals surface area contributed by atoms with E-state index in [1.165, 1.54) is 25.9 Å². The summed E-state index contributed by atoms with van der Waals surface area (Å²) in [5.74, 6) is -1.82. The fraction of sp³-hybridized carbons (Fsp3) is 0.423. The van der Waals surface area contributed by atoms with Gasteiger partial charge in [0.2, 0.25) is 5.91 Å². The molecule has 8 heteroatoms. The Morgan fingerprint density at radius 2 is 1.59 bits per heavy atom. The van der Waals surface area contributed by atoms with Gasteiger partial charge in [0.15, 0.2) is 0 Å². The van der Waals surface area contributed by atoms with Crippen LogP contribution in [0.4, 0.5) is 4.79 Å². The lowest BCUT2D eigenvalue weighted by Gasteiger charge is -2.37. The van der Waals surface area contributed by atoms with Gasteiger partial charge >= 0.3 is 12.1 Å². The second kappa shape index (κ2) is 10.3. The molecule has 2 amide bonds. The van der Waals surface area contributed by atoms with Gasteiger partial charge in [-0.3, -0.25) is 4.79 Å². The van der Waals surface area contributed by atoms with Crippen molar-refractivity contribution in [3.8, 4) is 11.1 Å². The van der Waals surface area contributed by atoms with Crippen LogP contribution in [-0.2, 0) is 19.1 Å². The van der Waals surface area contributed by atoms with Crippen LogP contribution in [0.25, 0.3) is 11.1 Å². The molecule has 8 nitrogen and oxygen atoms in total. The average Bonchev–Trinajstić information content (AvgIpc) is 3.14. The van der Waals surface area contributed by atoms with Crippen LogP contribution in [0.5, 0.6) is 0 Å². The van der Waals surface area contributed by atoms with Crippen molar-refractivity contribution in [1.82, 2.24) is 10.2 Å². The summed E-state index contributed by atoms with van der Waals surface area (Å²) in [4.78, 5) is 39.0. The van der Waals surface area contributed by atoms with Crippen molar-refractivity contribution in [3.05, 3.63) is 59.7 Å². The van der Waals surface area contributed by atoms with Crippen molar-refractivity contribution in [2.45, 2.75) is 51.3 Å². The van der Waals surface area contributed by atoms with Crippen LogP contribution in [0.3, 0.4) is 0 Å². The van der Waals surface area contributed by atoms with Crippen molar-refractivity contribution in [3.63, 3.8) is 0 Å². The summed E-state index contributed by atoms with van der Waals surface area (Å²) in [6, 6.07) is 14.9. The SMILES string of the molecule is CCN(C(=O)[C@@H](NC(=O)OCC1c2ccccc2-c2ccccc21)[C@@H](C)OC)C(C)(C)C(=O)O. The van der Waals surface area contributed by atoms with Gasteiger partial charge in [-0.2, -0.15) is 0 Å². The number of rotatable bonds is 9. The van der Waals surface area contributed by atoms with Crippen molar-refractivity contribution in [2.75, 3.05) is 20.3 Å². The van der Waals surface area contributed by atoms with E-state index in [0.717, 1.165) is 22.3 Å². The molecule has 2 aromatic rings. The van der Waals surface area contributed by atoms with Crippen LogP contribution >= 0.6 is 0 Å². The molecule has 2 N–H and O–H groups in total. The first-order valence-electron chi connectivity index (χ1n) is 11.3. The number of aliphatic carboxylic acids is 1. The molecule has 34 heavy (non-hydrogen) atoms. The van der Waals surface area contributed by atoms with Crippen molar-refractivity contribution < 1.29 is 29.0 Å². The molecular formula is C26H32N2O6. The number of carbonyl (C=O) groups is 3. The minimum absolute atomic E-state index is 0.0975. The molecule has 0 unspecified atom stereocenters. The van der Waals surface area contributed by atoms with Crippen molar-refractivity contribution in [1.29, 1.82) is 0 Å². The number of nitrogens with zero attached hydrogens (tertiary/aromatic N) is 1. The number of hydrogen-bond donors (Lipinski definition) is 2. The summed E-state index contributed by atoms with van der Waals surface area (Å²) in [7, 11) is 1.42. The Hall–Kier alpha value is -3.39. The van der Waals surface area contributed by atoms with E-state index in [4.69, 9.17) is 9.47 Å². The second-order valence-corrected chi connectivity index (χ2v) is 8.84. The Balaban J connectivity index is 1.75. The highest BCUT2D eigenvalue weighted by atomic mass is 16.5. The number of carboxylic acids is 1. The Morgan fingerprint density at radius 1 is 1.06 bits per heavy atom. The molecule has 0 aromatic heterocycles. The normalized spacial score (nSPS) is 14.5. The molecule has 0 spiro atoms. The van der Waals surface area contributed by atoms with Crippen LogP contribution in [0.15, 0.2) is 48.5 Å². The van der Waals surface area contributed by atoms with Crippen molar-refractivity contribution >= 4 is 18.0 Å². The molecule has 1 aliphatic rings. The molecule has 0 heterocycles. The van der Waals surface area contributed by atoms with E-state index in [1.807, 2.05) is 48.5 Å². The largest absolute Gasteiger partial charge is 0.480 e. The predicted molar refractivity (Wildman–Crippen MR) is 128 cm³/mol. The summed E-state index contributed by atoms with van der Waals surface area (Å²) in [6.07, 6.45) is -1.47. The van der Waals surface area contributed by atoms with E-state index < -0.39 is 35.7 Å². The summed E-state index contributed by atoms with van der Waals surface area (Å²) in [5.41, 5.74) is 2.93. The molecule has 0 fully saturated rings. The van der Waals surface area contributed by atoms with Crippen molar-refractivity contribution in [2.24, 2.45) is 0 Å². The van der Waals surface area contributed by atoms with Crippen LogP contribution < -0.4 is 5.32 Å². The number of carboxylic acid groups (broad SMARTS) is 1. The Bertz CT molecular complexity index is 1020. The van der Waals surface area contributed by atoms with Gasteiger partial charge in [-0.1, -0.05) is 48.5 Å². The third-order valence-electron chi connectivity index (χ3n) is 6.50. The third kappa shape index (κ3) is 4.77. The molecule has 182 valence electrons. The highest BCUT2D eigenvalue weighted by Crippen LogP contribution is 2.44. The van der Waals surface area contributed by atoms with Gasteiger partial charge in [-0.25, -0.2) is 9.59 Å². The van der Waals surface area contributed by atoms with Gasteiger partial charge in [0.05, 0.1) is 6.10 Å². The minimum atomic E-state index is -1.46. The van der Waals surface area contributed by atoms with Gasteiger partial charge in [0, 0.05) is 19.6 Å². The molecule has 2 aromatic carbocycles. The molecule has 2 atom stereocenters. The lowest BCUT2D eigenvalue weighted by atomic mass is 9.98. The van der Waals surface area contributed by atoms with E-state index in [-0.39, 0.29) is 19.1 Å². The Kier molecular flexibility index (Phi) is 7.61. The second-order valence-electron chi connectivity index (χ2n) is 8.84. The highest BCUT2D eigenvalue weighted by molar-refractivity contribution is 5.91. The smallest absolute Gasteiger partial charge is 0.407 e. The first-order chi connectivity index (χ1) is 16.1. The molecule has 0 bridgehead atoms. The Labute approximate surface area is 199 Å². The van der Waals surface area contributed by atoms with E-state index >= 15 is 0 Å². The molecule has 0 saturated heterocycles. The third-order valence-corrected chi connectivity index (χ3v) is 6.50. The number of hydrogen-bond acceptors (Lipinski definition) is 5. The van der Waals surface area contributed by atoms with Gasteiger partial charge in [-0.05, 0) is 49.9 Å². The minimum Gasteiger partial charge on any atom is -0.480 e. The lowest BCUT2D eigenvalue weighted by molar-refractivity contribution is -0.158. The number of benzene rings is 2. The lowest BCUT2D eigenvalue weighted by Crippen LogP contribution is -2.61. The van der Waals surface area contributed by atoms with E-state index in [9.17, 15) is 19.5 Å². The summed E-state index contributed by atoms with van der Waals surface area (Å²) >= 11 is 0. The molecular weight excluding hydrogens is 436 g/mol. The van der Waals surface area contributed by atoms with Gasteiger partial charge < -0.3 is 24.8 Å². The van der Waals surface area contributed by atoms with E-state index in [1.54, 1.807) is 13.8 Å². The van der Waals surface area contributed by atoms with E-state index in [0.29, 0.717) is 0 Å². The van der Waals surface area contributed by atoms with E-state index in [2.05, 4.69) is 5.32 Å². The number of likely N-dealkylation sites (N-methyl/N-ethyl adjacent to an activating group) is 1. The topological polar surface area (TPSA) is 105 Å². The number of methoxy groups -OCH3 is 1. The molecule has 1 aliphatic carbocycles. The molecule has 0 aliphatic heterocycles. The van der Waals surface area contributed by atoms with Gasteiger partial charge in [0.1, 0.15) is 18.2 Å². The number of ether oxygens (including phenoxy) is 2. The summed E-state index contributed by atoms with van der Waals surface area (Å²) in [6.45, 7) is 6.45. The molecule has 0 radical (unpaired) electrons. The number of alkyl carbamates (subject to hydrolysis) is 1. The van der Waals surface area contributed by atoms with Gasteiger partial charge in [-0.15, -0.1) is 0 Å². The maximum absolute atomic E-state index is 13.3.